The Hall–Kier alpha value is -1.99. The first-order valence-corrected chi connectivity index (χ1v) is 18.9. The fraction of sp³-hybridized carbons (Fsp3) is 0.944. The van der Waals surface area contributed by atoms with Crippen LogP contribution in [0.1, 0.15) is 90.9 Å². The van der Waals surface area contributed by atoms with Crippen LogP contribution in [0.3, 0.4) is 0 Å². The van der Waals surface area contributed by atoms with Crippen LogP contribution >= 0.6 is 0 Å². The first-order valence-electron chi connectivity index (χ1n) is 18.9. The van der Waals surface area contributed by atoms with Crippen LogP contribution in [0.25, 0.3) is 0 Å². The SMILES string of the molecule is CC(CC1C(=O)OC(=O)C1C1C(C)C2CC1(C(F)(F)F)OC(C(F)(F)F)(C(F)(F)F)C2)C1CC(CCC23CC4CC(CC(C4)C2)C3)OC1(C(F)(F)F)C(F)(F)F. The quantitative estimate of drug-likeness (QED) is 0.145. The smallest absolute Gasteiger partial charge is 0.393 e. The van der Waals surface area contributed by atoms with Gasteiger partial charge < -0.3 is 14.2 Å². The molecule has 8 aliphatic rings. The van der Waals surface area contributed by atoms with Gasteiger partial charge in [0.2, 0.25) is 0 Å². The molecule has 0 aromatic carbocycles. The lowest BCUT2D eigenvalue weighted by Gasteiger charge is -2.57. The molecule has 320 valence electrons. The number of carbonyl (C=O) groups excluding carboxylic acids is 2. The Morgan fingerprint density at radius 2 is 1.20 bits per heavy atom. The lowest BCUT2D eigenvalue weighted by Crippen LogP contribution is -2.69. The number of cyclic esters (lactones) is 2. The van der Waals surface area contributed by atoms with Crippen molar-refractivity contribution in [3.8, 4) is 0 Å². The van der Waals surface area contributed by atoms with Crippen molar-refractivity contribution in [1.29, 1.82) is 0 Å². The van der Waals surface area contributed by atoms with Gasteiger partial charge in [0.25, 0.3) is 11.2 Å². The third-order valence-corrected chi connectivity index (χ3v) is 15.0. The summed E-state index contributed by atoms with van der Waals surface area (Å²) >= 11 is 0. The summed E-state index contributed by atoms with van der Waals surface area (Å²) in [7, 11) is 0. The maximum absolute atomic E-state index is 15.0. The van der Waals surface area contributed by atoms with Crippen LogP contribution < -0.4 is 0 Å². The van der Waals surface area contributed by atoms with Gasteiger partial charge in [-0.2, -0.15) is 65.9 Å². The lowest BCUT2D eigenvalue weighted by atomic mass is 9.48. The molecule has 3 heterocycles. The average Bonchev–Trinajstić information content (AvgIpc) is 3.62. The minimum absolute atomic E-state index is 0.164. The normalized spacial score (nSPS) is 42.7. The van der Waals surface area contributed by atoms with Crippen LogP contribution in [0.2, 0.25) is 0 Å². The monoisotopic (exact) mass is 838 g/mol. The van der Waals surface area contributed by atoms with Gasteiger partial charge in [0.15, 0.2) is 5.60 Å². The van der Waals surface area contributed by atoms with Crippen molar-refractivity contribution in [3.05, 3.63) is 0 Å². The highest BCUT2D eigenvalue weighted by Crippen LogP contribution is 2.69. The molecular formula is C36H41F15O5. The number of halogens is 15. The number of fused-ring (bicyclic) bond motifs is 2. The van der Waals surface area contributed by atoms with E-state index >= 15 is 13.2 Å². The van der Waals surface area contributed by atoms with Crippen LogP contribution in [-0.2, 0) is 23.8 Å². The molecule has 9 unspecified atom stereocenters. The van der Waals surface area contributed by atoms with Crippen LogP contribution in [0.5, 0.6) is 0 Å². The molecule has 20 heteroatoms. The third-order valence-electron chi connectivity index (χ3n) is 15.0. The van der Waals surface area contributed by atoms with Gasteiger partial charge in [0.05, 0.1) is 17.9 Å². The topological polar surface area (TPSA) is 61.8 Å². The Kier molecular flexibility index (Phi) is 9.60. The van der Waals surface area contributed by atoms with Crippen molar-refractivity contribution >= 4 is 11.9 Å². The van der Waals surface area contributed by atoms with Gasteiger partial charge in [-0.1, -0.05) is 13.8 Å². The summed E-state index contributed by atoms with van der Waals surface area (Å²) in [6.07, 6.45) is -32.7. The molecule has 8 rings (SSSR count). The van der Waals surface area contributed by atoms with Crippen LogP contribution in [0.4, 0.5) is 65.9 Å². The van der Waals surface area contributed by atoms with Crippen molar-refractivity contribution in [3.63, 3.8) is 0 Å². The summed E-state index contributed by atoms with van der Waals surface area (Å²) in [5.74, 6) is -18.0. The number of hydrogen-bond acceptors (Lipinski definition) is 5. The molecule has 0 aromatic heterocycles. The Balaban J connectivity index is 1.20. The van der Waals surface area contributed by atoms with E-state index in [9.17, 15) is 62.3 Å². The van der Waals surface area contributed by atoms with Crippen molar-refractivity contribution in [2.75, 3.05) is 0 Å². The van der Waals surface area contributed by atoms with E-state index in [0.717, 1.165) is 52.4 Å². The summed E-state index contributed by atoms with van der Waals surface area (Å²) in [6.45, 7) is 1.70. The molecule has 5 saturated carbocycles. The summed E-state index contributed by atoms with van der Waals surface area (Å²) in [6, 6.07) is 0. The van der Waals surface area contributed by atoms with Crippen molar-refractivity contribution in [2.24, 2.45) is 64.6 Å². The molecule has 0 spiro atoms. The second kappa shape index (κ2) is 12.8. The van der Waals surface area contributed by atoms with Gasteiger partial charge >= 0.3 is 42.8 Å². The summed E-state index contributed by atoms with van der Waals surface area (Å²) in [4.78, 5) is 26.3. The molecule has 5 nitrogen and oxygen atoms in total. The van der Waals surface area contributed by atoms with E-state index in [1.54, 1.807) is 0 Å². The Morgan fingerprint density at radius 3 is 1.66 bits per heavy atom. The van der Waals surface area contributed by atoms with E-state index in [-0.39, 0.29) is 11.8 Å². The molecule has 3 aliphatic heterocycles. The number of rotatable bonds is 7. The fourth-order valence-corrected chi connectivity index (χ4v) is 13.2. The zero-order valence-electron chi connectivity index (χ0n) is 30.0. The van der Waals surface area contributed by atoms with Gasteiger partial charge in [0.1, 0.15) is 0 Å². The zero-order valence-corrected chi connectivity index (χ0v) is 30.0. The average molecular weight is 839 g/mol. The summed E-state index contributed by atoms with van der Waals surface area (Å²) in [5, 5.41) is 0. The van der Waals surface area contributed by atoms with Crippen LogP contribution in [0.15, 0.2) is 0 Å². The summed E-state index contributed by atoms with van der Waals surface area (Å²) < 4.78 is 233. The zero-order chi connectivity index (χ0) is 41.6. The highest BCUT2D eigenvalue weighted by atomic mass is 19.4. The molecule has 0 amide bonds. The first-order chi connectivity index (χ1) is 25.4. The molecule has 9 atom stereocenters. The van der Waals surface area contributed by atoms with Crippen molar-refractivity contribution < 1.29 is 89.7 Å². The van der Waals surface area contributed by atoms with E-state index in [4.69, 9.17) is 4.74 Å². The number of esters is 2. The second-order valence-corrected chi connectivity index (χ2v) is 18.2. The maximum Gasteiger partial charge on any atom is 0.426 e. The van der Waals surface area contributed by atoms with Gasteiger partial charge in [0, 0.05) is 11.8 Å². The Bertz CT molecular complexity index is 1500. The predicted octanol–water partition coefficient (Wildman–Crippen LogP) is 10.5. The minimum Gasteiger partial charge on any atom is -0.393 e. The molecule has 8 fully saturated rings. The number of ether oxygens (including phenoxy) is 3. The van der Waals surface area contributed by atoms with Gasteiger partial charge in [-0.05, 0) is 118 Å². The van der Waals surface area contributed by atoms with Crippen molar-refractivity contribution in [1.82, 2.24) is 0 Å². The van der Waals surface area contributed by atoms with Crippen molar-refractivity contribution in [2.45, 2.75) is 145 Å². The predicted molar refractivity (Wildman–Crippen MR) is 160 cm³/mol. The minimum atomic E-state index is -6.46. The molecule has 0 aromatic rings. The largest absolute Gasteiger partial charge is 0.426 e. The fourth-order valence-electron chi connectivity index (χ4n) is 13.2. The number of alkyl halides is 15. The number of hydrogen-bond donors (Lipinski definition) is 0. The molecule has 56 heavy (non-hydrogen) atoms. The maximum atomic E-state index is 15.0. The molecule has 0 N–H and O–H groups in total. The Labute approximate surface area is 311 Å². The second-order valence-electron chi connectivity index (χ2n) is 18.2. The molecule has 5 aliphatic carbocycles. The highest BCUT2D eigenvalue weighted by Gasteiger charge is 2.85. The van der Waals surface area contributed by atoms with Crippen LogP contribution in [0, 0.1) is 64.6 Å². The van der Waals surface area contributed by atoms with E-state index < -0.39 is 133 Å². The third kappa shape index (κ3) is 6.09. The van der Waals surface area contributed by atoms with Crippen LogP contribution in [-0.4, -0.2) is 65.7 Å². The van der Waals surface area contributed by atoms with Gasteiger partial charge in [-0.25, -0.2) is 0 Å². The standard InChI is InChI=1S/C36H41F15O5/c1-15(23-9-21(55-31(23,35(46,47)48)36(49,50)51)3-4-28-10-17-6-18(11-28)8-19(7-17)12-28)5-22-24(27(53)54-26(22)52)25-16(2)20-13-29(25,32(37,38)39)56-30(14-20,33(40,41)42)34(43,44)45/h15-25H,3-14H2,1-2H3. The Morgan fingerprint density at radius 1 is 0.679 bits per heavy atom. The van der Waals surface area contributed by atoms with E-state index in [1.165, 1.54) is 0 Å². The molecular weight excluding hydrogens is 797 g/mol. The summed E-state index contributed by atoms with van der Waals surface area (Å²) in [5.41, 5.74) is -14.8. The van der Waals surface area contributed by atoms with E-state index in [2.05, 4.69) is 9.47 Å². The van der Waals surface area contributed by atoms with E-state index in [0.29, 0.717) is 24.2 Å². The molecule has 3 saturated heterocycles. The molecule has 0 radical (unpaired) electrons. The number of carbonyl (C=O) groups is 2. The van der Waals surface area contributed by atoms with Gasteiger partial charge in [-0.3, -0.25) is 9.59 Å². The van der Waals surface area contributed by atoms with E-state index in [1.807, 2.05) is 0 Å². The van der Waals surface area contributed by atoms with Gasteiger partial charge in [-0.15, -0.1) is 0 Å². The molecule has 6 bridgehead atoms. The highest BCUT2D eigenvalue weighted by molar-refractivity contribution is 5.96. The first kappa shape index (κ1) is 42.1. The lowest BCUT2D eigenvalue weighted by molar-refractivity contribution is -0.446.